The summed E-state index contributed by atoms with van der Waals surface area (Å²) in [6.45, 7) is 3.96. The number of hydrogen-bond donors (Lipinski definition) is 2. The van der Waals surface area contributed by atoms with Crippen molar-refractivity contribution in [2.24, 2.45) is 5.92 Å². The maximum atomic E-state index is 11.9. The van der Waals surface area contributed by atoms with Gasteiger partial charge in [0.2, 0.25) is 11.8 Å². The quantitative estimate of drug-likeness (QED) is 0.676. The Morgan fingerprint density at radius 1 is 1.45 bits per heavy atom. The van der Waals surface area contributed by atoms with Crippen molar-refractivity contribution in [3.63, 3.8) is 0 Å². The lowest BCUT2D eigenvalue weighted by molar-refractivity contribution is -0.145. The first-order valence-corrected chi connectivity index (χ1v) is 7.09. The Morgan fingerprint density at radius 3 is 2.65 bits per heavy atom. The predicted molar refractivity (Wildman–Crippen MR) is 73.8 cm³/mol. The molecule has 1 saturated heterocycles. The minimum atomic E-state index is -0.592. The van der Waals surface area contributed by atoms with E-state index in [2.05, 4.69) is 10.6 Å². The summed E-state index contributed by atoms with van der Waals surface area (Å²) in [6.07, 6.45) is 2.77. The molecule has 0 radical (unpaired) electrons. The van der Waals surface area contributed by atoms with Crippen LogP contribution in [0.2, 0.25) is 0 Å². The summed E-state index contributed by atoms with van der Waals surface area (Å²) in [7, 11) is 1.32. The molecule has 0 aromatic carbocycles. The van der Waals surface area contributed by atoms with Gasteiger partial charge >= 0.3 is 5.97 Å². The molecule has 2 amide bonds. The fourth-order valence-corrected chi connectivity index (χ4v) is 2.29. The molecule has 6 nitrogen and oxygen atoms in total. The van der Waals surface area contributed by atoms with E-state index >= 15 is 0 Å². The average Bonchev–Trinajstić information content (AvgIpc) is 2.80. The molecule has 0 spiro atoms. The lowest BCUT2D eigenvalue weighted by Gasteiger charge is -2.18. The van der Waals surface area contributed by atoms with Crippen LogP contribution >= 0.6 is 0 Å². The molecule has 2 atom stereocenters. The van der Waals surface area contributed by atoms with Crippen molar-refractivity contribution in [1.82, 2.24) is 10.6 Å². The highest BCUT2D eigenvalue weighted by molar-refractivity contribution is 5.84. The molecule has 6 heteroatoms. The Hall–Kier alpha value is -1.59. The van der Waals surface area contributed by atoms with Crippen LogP contribution in [-0.2, 0) is 19.1 Å². The highest BCUT2D eigenvalue weighted by atomic mass is 16.5. The van der Waals surface area contributed by atoms with Crippen molar-refractivity contribution in [3.05, 3.63) is 0 Å². The minimum absolute atomic E-state index is 0.0441. The lowest BCUT2D eigenvalue weighted by atomic mass is 10.0. The second-order valence-electron chi connectivity index (χ2n) is 5.61. The summed E-state index contributed by atoms with van der Waals surface area (Å²) < 4.78 is 4.70. The fraction of sp³-hybridized carbons (Fsp3) is 0.786. The number of methoxy groups -OCH3 is 1. The van der Waals surface area contributed by atoms with Crippen molar-refractivity contribution in [2.45, 2.75) is 58.0 Å². The second kappa shape index (κ2) is 7.87. The third-order valence-corrected chi connectivity index (χ3v) is 3.33. The van der Waals surface area contributed by atoms with Crippen molar-refractivity contribution < 1.29 is 19.1 Å². The minimum Gasteiger partial charge on any atom is -0.467 e. The molecule has 1 unspecified atom stereocenters. The predicted octanol–water partition coefficient (Wildman–Crippen LogP) is 0.749. The summed E-state index contributed by atoms with van der Waals surface area (Å²) in [5.74, 6) is -0.264. The van der Waals surface area contributed by atoms with Gasteiger partial charge in [0.15, 0.2) is 0 Å². The highest BCUT2D eigenvalue weighted by Gasteiger charge is 2.24. The Morgan fingerprint density at radius 2 is 2.15 bits per heavy atom. The Kier molecular flexibility index (Phi) is 6.48. The molecule has 1 aliphatic rings. The van der Waals surface area contributed by atoms with Crippen molar-refractivity contribution >= 4 is 17.8 Å². The zero-order valence-corrected chi connectivity index (χ0v) is 12.4. The van der Waals surface area contributed by atoms with Gasteiger partial charge in [0, 0.05) is 18.9 Å². The number of esters is 1. The van der Waals surface area contributed by atoms with E-state index in [-0.39, 0.29) is 23.8 Å². The molecule has 2 N–H and O–H groups in total. The van der Waals surface area contributed by atoms with Crippen molar-refractivity contribution in [2.75, 3.05) is 7.11 Å². The lowest BCUT2D eigenvalue weighted by Crippen LogP contribution is -2.42. The molecule has 1 rings (SSSR count). The summed E-state index contributed by atoms with van der Waals surface area (Å²) in [5.41, 5.74) is 0. The molecular weight excluding hydrogens is 260 g/mol. The van der Waals surface area contributed by atoms with Crippen LogP contribution in [0.1, 0.15) is 46.0 Å². The number of rotatable bonds is 7. The number of hydrogen-bond acceptors (Lipinski definition) is 4. The van der Waals surface area contributed by atoms with Gasteiger partial charge in [0.05, 0.1) is 7.11 Å². The van der Waals surface area contributed by atoms with E-state index in [9.17, 15) is 14.4 Å². The number of carbonyl (C=O) groups is 3. The molecule has 0 aliphatic carbocycles. The first-order chi connectivity index (χ1) is 9.42. The third-order valence-electron chi connectivity index (χ3n) is 3.33. The monoisotopic (exact) mass is 284 g/mol. The Labute approximate surface area is 119 Å². The Bertz CT molecular complexity index is 368. The first-order valence-electron chi connectivity index (χ1n) is 7.09. The van der Waals surface area contributed by atoms with E-state index in [1.54, 1.807) is 0 Å². The third kappa shape index (κ3) is 5.59. The van der Waals surface area contributed by atoms with Crippen LogP contribution in [0.15, 0.2) is 0 Å². The van der Waals surface area contributed by atoms with Gasteiger partial charge in [-0.2, -0.15) is 0 Å². The van der Waals surface area contributed by atoms with Crippen molar-refractivity contribution in [1.29, 1.82) is 0 Å². The molecule has 0 aromatic heterocycles. The van der Waals surface area contributed by atoms with Gasteiger partial charge < -0.3 is 15.4 Å². The van der Waals surface area contributed by atoms with Crippen molar-refractivity contribution in [3.8, 4) is 0 Å². The van der Waals surface area contributed by atoms with Gasteiger partial charge in [-0.1, -0.05) is 13.8 Å². The zero-order chi connectivity index (χ0) is 15.1. The van der Waals surface area contributed by atoms with E-state index in [1.165, 1.54) is 7.11 Å². The molecule has 1 fully saturated rings. The van der Waals surface area contributed by atoms with Crippen LogP contribution in [0.25, 0.3) is 0 Å². The number of nitrogens with one attached hydrogen (secondary N) is 2. The number of carbonyl (C=O) groups excluding carboxylic acids is 3. The molecule has 0 saturated carbocycles. The topological polar surface area (TPSA) is 84.5 Å². The maximum Gasteiger partial charge on any atom is 0.328 e. The van der Waals surface area contributed by atoms with Gasteiger partial charge in [0.1, 0.15) is 6.04 Å². The standard InChI is InChI=1S/C14H24N2O4/c1-9(2)8-11(14(19)20-3)16-13(18)7-5-10-4-6-12(17)15-10/h9-11H,4-8H2,1-3H3,(H,15,17)(H,16,18)/t10?,11-/m0/s1. The fourth-order valence-electron chi connectivity index (χ4n) is 2.29. The highest BCUT2D eigenvalue weighted by Crippen LogP contribution is 2.12. The molecular formula is C14H24N2O4. The van der Waals surface area contributed by atoms with Crippen LogP contribution < -0.4 is 10.6 Å². The summed E-state index contributed by atoms with van der Waals surface area (Å²) in [6, 6.07) is -0.513. The summed E-state index contributed by atoms with van der Waals surface area (Å²) in [4.78, 5) is 34.5. The largest absolute Gasteiger partial charge is 0.467 e. The van der Waals surface area contributed by atoms with E-state index in [0.29, 0.717) is 25.7 Å². The molecule has 114 valence electrons. The van der Waals surface area contributed by atoms with Gasteiger partial charge in [-0.15, -0.1) is 0 Å². The normalized spacial score (nSPS) is 19.6. The number of amides is 2. The number of ether oxygens (including phenoxy) is 1. The SMILES string of the molecule is COC(=O)[C@H](CC(C)C)NC(=O)CCC1CCC(=O)N1. The molecule has 0 aromatic rings. The molecule has 0 bridgehead atoms. The van der Waals surface area contributed by atoms with E-state index in [1.807, 2.05) is 13.8 Å². The first kappa shape index (κ1) is 16.5. The second-order valence-corrected chi connectivity index (χ2v) is 5.61. The smallest absolute Gasteiger partial charge is 0.328 e. The van der Waals surface area contributed by atoms with Crippen LogP contribution in [0.4, 0.5) is 0 Å². The molecule has 1 heterocycles. The van der Waals surface area contributed by atoms with Gasteiger partial charge in [-0.25, -0.2) is 4.79 Å². The van der Waals surface area contributed by atoms with Gasteiger partial charge in [0.25, 0.3) is 0 Å². The van der Waals surface area contributed by atoms with Gasteiger partial charge in [-0.05, 0) is 25.2 Å². The van der Waals surface area contributed by atoms with E-state index in [4.69, 9.17) is 4.74 Å². The maximum absolute atomic E-state index is 11.9. The zero-order valence-electron chi connectivity index (χ0n) is 12.4. The van der Waals surface area contributed by atoms with Crippen LogP contribution in [0, 0.1) is 5.92 Å². The summed E-state index contributed by atoms with van der Waals surface area (Å²) in [5, 5.41) is 5.53. The molecule has 20 heavy (non-hydrogen) atoms. The van der Waals surface area contributed by atoms with Gasteiger partial charge in [-0.3, -0.25) is 9.59 Å². The Balaban J connectivity index is 2.37. The molecule has 1 aliphatic heterocycles. The summed E-state index contributed by atoms with van der Waals surface area (Å²) >= 11 is 0. The van der Waals surface area contributed by atoms with E-state index < -0.39 is 12.0 Å². The van der Waals surface area contributed by atoms with E-state index in [0.717, 1.165) is 6.42 Å². The van der Waals surface area contributed by atoms with Crippen LogP contribution in [-0.4, -0.2) is 37.0 Å². The van der Waals surface area contributed by atoms with Crippen LogP contribution in [0.5, 0.6) is 0 Å². The van der Waals surface area contributed by atoms with Crippen LogP contribution in [0.3, 0.4) is 0 Å². The average molecular weight is 284 g/mol.